The molecular weight excluding hydrogens is 436 g/mol. The summed E-state index contributed by atoms with van der Waals surface area (Å²) in [6, 6.07) is 5.08. The number of nitrogens with zero attached hydrogens (tertiary/aromatic N) is 5. The molecule has 0 saturated heterocycles. The van der Waals surface area contributed by atoms with Gasteiger partial charge in [0.15, 0.2) is 5.13 Å². The summed E-state index contributed by atoms with van der Waals surface area (Å²) in [5.41, 5.74) is 5.27. The summed E-state index contributed by atoms with van der Waals surface area (Å²) in [6.45, 7) is 1.45. The van der Waals surface area contributed by atoms with Gasteiger partial charge in [0, 0.05) is 30.4 Å². The number of aromatic nitrogens is 5. The topological polar surface area (TPSA) is 103 Å². The first-order valence-corrected chi connectivity index (χ1v) is 10.7. The summed E-state index contributed by atoms with van der Waals surface area (Å²) in [6.07, 6.45) is 7.09. The van der Waals surface area contributed by atoms with Crippen molar-refractivity contribution in [1.29, 1.82) is 0 Å². The molecule has 3 heterocycles. The Labute approximate surface area is 186 Å². The minimum absolute atomic E-state index is 0.174. The monoisotopic (exact) mass is 450 g/mol. The zero-order valence-electron chi connectivity index (χ0n) is 16.3. The highest BCUT2D eigenvalue weighted by Gasteiger charge is 2.30. The fraction of sp³-hybridized carbons (Fsp3) is 0.143. The molecule has 0 radical (unpaired) electrons. The summed E-state index contributed by atoms with van der Waals surface area (Å²) in [5, 5.41) is 8.56. The molecule has 0 bridgehead atoms. The molecule has 5 rings (SSSR count). The smallest absolute Gasteiger partial charge is 0.223 e. The fourth-order valence-electron chi connectivity index (χ4n) is 3.64. The number of thiazole rings is 1. The average Bonchev–Trinajstić information content (AvgIpc) is 3.34. The van der Waals surface area contributed by atoms with E-state index < -0.39 is 0 Å². The molecule has 0 saturated carbocycles. The van der Waals surface area contributed by atoms with Crippen LogP contribution in [0.4, 0.5) is 5.13 Å². The van der Waals surface area contributed by atoms with E-state index in [1.54, 1.807) is 41.5 Å². The number of hydrogen-bond acceptors (Lipinski definition) is 7. The third-order valence-corrected chi connectivity index (χ3v) is 6.26. The summed E-state index contributed by atoms with van der Waals surface area (Å²) in [4.78, 5) is 36.8. The van der Waals surface area contributed by atoms with E-state index >= 15 is 0 Å². The first-order valence-electron chi connectivity index (χ1n) is 9.46. The van der Waals surface area contributed by atoms with Crippen LogP contribution in [0.1, 0.15) is 28.5 Å². The van der Waals surface area contributed by atoms with Gasteiger partial charge in [-0.15, -0.1) is 0 Å². The maximum atomic E-state index is 11.5. The minimum atomic E-state index is -0.174. The highest BCUT2D eigenvalue weighted by molar-refractivity contribution is 7.19. The summed E-state index contributed by atoms with van der Waals surface area (Å²) < 4.78 is 1.77. The number of rotatable bonds is 4. The normalized spacial score (nSPS) is 12.2. The van der Waals surface area contributed by atoms with E-state index in [0.29, 0.717) is 33.5 Å². The fourth-order valence-corrected chi connectivity index (χ4v) is 5.03. The lowest BCUT2D eigenvalue weighted by molar-refractivity contribution is -0.114. The van der Waals surface area contributed by atoms with Gasteiger partial charge in [0.1, 0.15) is 17.7 Å². The van der Waals surface area contributed by atoms with Crippen molar-refractivity contribution in [2.75, 3.05) is 5.32 Å². The molecule has 1 aliphatic rings. The van der Waals surface area contributed by atoms with Gasteiger partial charge >= 0.3 is 0 Å². The standard InChI is InChI=1S/C21H15ClN6O2S/c1-11(30)25-21-26-15-4-3-13-18(16-9-23-6-7-24-16)27-28(19(13)20(15)31-21)17-5-2-12(10-29)8-14(17)22/h2,5-10H,3-4H2,1H3,(H,25,26,30). The largest absolute Gasteiger partial charge is 0.302 e. The Morgan fingerprint density at radius 2 is 2.16 bits per heavy atom. The number of halogens is 1. The summed E-state index contributed by atoms with van der Waals surface area (Å²) >= 11 is 7.92. The Morgan fingerprint density at radius 3 is 2.87 bits per heavy atom. The van der Waals surface area contributed by atoms with E-state index in [0.717, 1.165) is 40.2 Å². The third kappa shape index (κ3) is 3.41. The lowest BCUT2D eigenvalue weighted by Crippen LogP contribution is -2.07. The predicted molar refractivity (Wildman–Crippen MR) is 118 cm³/mol. The van der Waals surface area contributed by atoms with Crippen LogP contribution in [0, 0.1) is 0 Å². The SMILES string of the molecule is CC(=O)Nc1nc2c(s1)-c1c(c(-c3cnccn3)nn1-c1ccc(C=O)cc1Cl)CC2. The lowest BCUT2D eigenvalue weighted by atomic mass is 9.96. The maximum absolute atomic E-state index is 11.5. The number of fused-ring (bicyclic) bond motifs is 3. The van der Waals surface area contributed by atoms with Crippen molar-refractivity contribution in [3.63, 3.8) is 0 Å². The van der Waals surface area contributed by atoms with E-state index in [1.165, 1.54) is 18.3 Å². The number of carbonyl (C=O) groups is 2. The number of aldehydes is 1. The number of amides is 1. The van der Waals surface area contributed by atoms with E-state index in [1.807, 2.05) is 0 Å². The molecule has 0 aliphatic heterocycles. The van der Waals surface area contributed by atoms with Crippen LogP contribution in [0.5, 0.6) is 0 Å². The number of carbonyl (C=O) groups excluding carboxylic acids is 2. The summed E-state index contributed by atoms with van der Waals surface area (Å²) in [7, 11) is 0. The highest BCUT2D eigenvalue weighted by Crippen LogP contribution is 2.44. The Balaban J connectivity index is 1.76. The van der Waals surface area contributed by atoms with Crippen molar-refractivity contribution in [2.45, 2.75) is 19.8 Å². The van der Waals surface area contributed by atoms with Crippen LogP contribution in [-0.4, -0.2) is 36.9 Å². The number of anilines is 1. The van der Waals surface area contributed by atoms with Gasteiger partial charge in [0.05, 0.1) is 33.2 Å². The van der Waals surface area contributed by atoms with Crippen LogP contribution in [0.3, 0.4) is 0 Å². The molecule has 1 N–H and O–H groups in total. The molecule has 10 heteroatoms. The zero-order valence-corrected chi connectivity index (χ0v) is 17.9. The maximum Gasteiger partial charge on any atom is 0.223 e. The molecule has 4 aromatic rings. The van der Waals surface area contributed by atoms with Crippen LogP contribution in [-0.2, 0) is 17.6 Å². The van der Waals surface area contributed by atoms with E-state index in [4.69, 9.17) is 16.7 Å². The van der Waals surface area contributed by atoms with Crippen LogP contribution >= 0.6 is 22.9 Å². The van der Waals surface area contributed by atoms with Crippen molar-refractivity contribution in [3.8, 4) is 27.6 Å². The van der Waals surface area contributed by atoms with Gasteiger partial charge in [-0.25, -0.2) is 9.67 Å². The third-order valence-electron chi connectivity index (χ3n) is 4.93. The molecule has 31 heavy (non-hydrogen) atoms. The Bertz CT molecular complexity index is 1330. The van der Waals surface area contributed by atoms with Gasteiger partial charge in [-0.05, 0) is 31.0 Å². The van der Waals surface area contributed by atoms with Gasteiger partial charge in [0.25, 0.3) is 0 Å². The molecule has 0 unspecified atom stereocenters. The Hall–Kier alpha value is -3.43. The first-order chi connectivity index (χ1) is 15.0. The quantitative estimate of drug-likeness (QED) is 0.472. The van der Waals surface area contributed by atoms with Crippen molar-refractivity contribution in [2.24, 2.45) is 0 Å². The Morgan fingerprint density at radius 1 is 1.29 bits per heavy atom. The van der Waals surface area contributed by atoms with Gasteiger partial charge in [-0.2, -0.15) is 5.10 Å². The number of aryl methyl sites for hydroxylation is 1. The van der Waals surface area contributed by atoms with Crippen LogP contribution in [0.15, 0.2) is 36.8 Å². The second-order valence-corrected chi connectivity index (χ2v) is 8.39. The van der Waals surface area contributed by atoms with Gasteiger partial charge in [-0.3, -0.25) is 19.6 Å². The molecule has 3 aromatic heterocycles. The van der Waals surface area contributed by atoms with E-state index in [9.17, 15) is 9.59 Å². The molecule has 0 spiro atoms. The van der Waals surface area contributed by atoms with Crippen LogP contribution in [0.25, 0.3) is 27.6 Å². The molecule has 0 atom stereocenters. The lowest BCUT2D eigenvalue weighted by Gasteiger charge is -2.14. The average molecular weight is 451 g/mol. The molecule has 1 amide bonds. The summed E-state index contributed by atoms with van der Waals surface area (Å²) in [5.74, 6) is -0.174. The Kier molecular flexibility index (Phi) is 4.84. The second-order valence-electron chi connectivity index (χ2n) is 6.98. The number of benzene rings is 1. The van der Waals surface area contributed by atoms with Crippen LogP contribution < -0.4 is 5.32 Å². The molecule has 1 aromatic carbocycles. The highest BCUT2D eigenvalue weighted by atomic mass is 35.5. The van der Waals surface area contributed by atoms with Crippen LogP contribution in [0.2, 0.25) is 5.02 Å². The van der Waals surface area contributed by atoms with E-state index in [-0.39, 0.29) is 5.91 Å². The van der Waals surface area contributed by atoms with Gasteiger partial charge in [-0.1, -0.05) is 22.9 Å². The van der Waals surface area contributed by atoms with Crippen molar-refractivity contribution in [1.82, 2.24) is 24.7 Å². The molecule has 8 nitrogen and oxygen atoms in total. The molecular formula is C21H15ClN6O2S. The predicted octanol–water partition coefficient (Wildman–Crippen LogP) is 3.98. The molecule has 154 valence electrons. The van der Waals surface area contributed by atoms with Crippen molar-refractivity contribution < 1.29 is 9.59 Å². The molecule has 0 fully saturated rings. The van der Waals surface area contributed by atoms with Crippen molar-refractivity contribution >= 4 is 40.3 Å². The van der Waals surface area contributed by atoms with E-state index in [2.05, 4.69) is 20.3 Å². The van der Waals surface area contributed by atoms with Crippen molar-refractivity contribution in [3.05, 3.63) is 58.6 Å². The second kappa shape index (κ2) is 7.68. The molecule has 1 aliphatic carbocycles. The minimum Gasteiger partial charge on any atom is -0.302 e. The van der Waals surface area contributed by atoms with Gasteiger partial charge < -0.3 is 5.32 Å². The number of hydrogen-bond donors (Lipinski definition) is 1. The first kappa shape index (κ1) is 19.5. The number of nitrogens with one attached hydrogen (secondary N) is 1. The van der Waals surface area contributed by atoms with Gasteiger partial charge in [0.2, 0.25) is 5.91 Å². The zero-order chi connectivity index (χ0) is 21.5.